The van der Waals surface area contributed by atoms with Crippen LogP contribution in [0.25, 0.3) is 0 Å². The van der Waals surface area contributed by atoms with E-state index in [4.69, 9.17) is 4.74 Å². The average molecular weight is 474 g/mol. The van der Waals surface area contributed by atoms with E-state index in [-0.39, 0.29) is 11.0 Å². The van der Waals surface area contributed by atoms with Gasteiger partial charge in [-0.3, -0.25) is 9.69 Å². The number of nitrogens with zero attached hydrogens (tertiary/aromatic N) is 1. The number of likely N-dealkylation sites (tertiary alicyclic amines) is 1. The maximum absolute atomic E-state index is 13.2. The fourth-order valence-electron chi connectivity index (χ4n) is 5.22. The number of benzene rings is 3. The molecule has 1 aliphatic heterocycles. The van der Waals surface area contributed by atoms with Gasteiger partial charge in [-0.2, -0.15) is 0 Å². The highest BCUT2D eigenvalue weighted by molar-refractivity contribution is 7.96. The third kappa shape index (κ3) is 4.62. The third-order valence-corrected chi connectivity index (χ3v) is 6.81. The summed E-state index contributed by atoms with van der Waals surface area (Å²) >= 11 is 4.17. The molecule has 1 aliphatic rings. The van der Waals surface area contributed by atoms with Gasteiger partial charge in [0.1, 0.15) is 11.6 Å². The summed E-state index contributed by atoms with van der Waals surface area (Å²) in [6.07, 6.45) is 0.00534. The van der Waals surface area contributed by atoms with Crippen LogP contribution in [0.4, 0.5) is 4.79 Å². The summed E-state index contributed by atoms with van der Waals surface area (Å²) in [6, 6.07) is 30.4. The van der Waals surface area contributed by atoms with Crippen LogP contribution in [-0.4, -0.2) is 34.3 Å². The lowest BCUT2D eigenvalue weighted by Gasteiger charge is -2.41. The van der Waals surface area contributed by atoms with E-state index in [0.29, 0.717) is 13.0 Å². The van der Waals surface area contributed by atoms with E-state index in [1.165, 1.54) is 0 Å². The molecule has 1 saturated heterocycles. The van der Waals surface area contributed by atoms with Crippen LogP contribution in [0.2, 0.25) is 0 Å². The molecule has 0 aliphatic carbocycles. The van der Waals surface area contributed by atoms with Gasteiger partial charge < -0.3 is 4.74 Å². The minimum absolute atomic E-state index is 0.0756. The molecule has 176 valence electrons. The molecular weight excluding hydrogens is 442 g/mol. The minimum atomic E-state index is -0.658. The topological polar surface area (TPSA) is 46.6 Å². The number of carbonyl (C=O) groups is 2. The first-order valence-corrected chi connectivity index (χ1v) is 12.1. The molecule has 0 saturated carbocycles. The first-order chi connectivity index (χ1) is 16.2. The summed E-state index contributed by atoms with van der Waals surface area (Å²) in [5.74, 6) is -0.0756. The van der Waals surface area contributed by atoms with Crippen molar-refractivity contribution in [1.82, 2.24) is 4.90 Å². The van der Waals surface area contributed by atoms with Crippen molar-refractivity contribution in [3.63, 3.8) is 0 Å². The third-order valence-electron chi connectivity index (χ3n) is 6.51. The van der Waals surface area contributed by atoms with E-state index in [1.54, 1.807) is 4.90 Å². The van der Waals surface area contributed by atoms with E-state index < -0.39 is 23.2 Å². The van der Waals surface area contributed by atoms with Crippen molar-refractivity contribution in [3.8, 4) is 0 Å². The summed E-state index contributed by atoms with van der Waals surface area (Å²) in [5, 5.41) is -0.323. The van der Waals surface area contributed by atoms with E-state index in [0.717, 1.165) is 16.7 Å². The first-order valence-electron chi connectivity index (χ1n) is 11.6. The van der Waals surface area contributed by atoms with Crippen molar-refractivity contribution in [2.24, 2.45) is 5.92 Å². The van der Waals surface area contributed by atoms with Crippen LogP contribution in [0.3, 0.4) is 0 Å². The fourth-order valence-corrected chi connectivity index (χ4v) is 5.46. The maximum Gasteiger partial charge on any atom is 0.410 e. The SMILES string of the molecule is CC(C)(C)OC(=O)N1C[C@@H](C(c2ccccc2)(c2ccccc2)c2ccccc2)C[C@H]1C(=O)S. The number of rotatable bonds is 5. The highest BCUT2D eigenvalue weighted by Crippen LogP contribution is 2.50. The predicted octanol–water partition coefficient (Wildman–Crippen LogP) is 6.10. The van der Waals surface area contributed by atoms with Gasteiger partial charge in [0.05, 0.1) is 0 Å². The van der Waals surface area contributed by atoms with Crippen LogP contribution < -0.4 is 0 Å². The Labute approximate surface area is 207 Å². The molecule has 0 bridgehead atoms. The highest BCUT2D eigenvalue weighted by Gasteiger charge is 2.51. The lowest BCUT2D eigenvalue weighted by atomic mass is 9.61. The van der Waals surface area contributed by atoms with Crippen LogP contribution in [0.5, 0.6) is 0 Å². The van der Waals surface area contributed by atoms with Gasteiger partial charge >= 0.3 is 6.09 Å². The van der Waals surface area contributed by atoms with Gasteiger partial charge in [-0.05, 0) is 49.8 Å². The number of amides is 1. The molecule has 34 heavy (non-hydrogen) atoms. The van der Waals surface area contributed by atoms with Gasteiger partial charge in [0.2, 0.25) is 5.12 Å². The van der Waals surface area contributed by atoms with E-state index in [1.807, 2.05) is 75.4 Å². The molecule has 2 atom stereocenters. The Kier molecular flexibility index (Phi) is 6.85. The highest BCUT2D eigenvalue weighted by atomic mass is 32.1. The molecule has 3 aromatic carbocycles. The Hall–Kier alpha value is -3.05. The fraction of sp³-hybridized carbons (Fsp3) is 0.310. The summed E-state index contributed by atoms with van der Waals surface area (Å²) in [4.78, 5) is 27.4. The van der Waals surface area contributed by atoms with E-state index in [2.05, 4.69) is 49.0 Å². The van der Waals surface area contributed by atoms with E-state index >= 15 is 0 Å². The zero-order valence-electron chi connectivity index (χ0n) is 19.8. The largest absolute Gasteiger partial charge is 0.444 e. The van der Waals surface area contributed by atoms with Gasteiger partial charge in [-0.15, -0.1) is 12.6 Å². The molecule has 0 aromatic heterocycles. The molecule has 0 radical (unpaired) electrons. The normalized spacial score (nSPS) is 18.5. The molecule has 1 heterocycles. The lowest BCUT2D eigenvalue weighted by Crippen LogP contribution is -2.43. The lowest BCUT2D eigenvalue weighted by molar-refractivity contribution is -0.114. The Morgan fingerprint density at radius 2 is 1.21 bits per heavy atom. The average Bonchev–Trinajstić information content (AvgIpc) is 3.27. The molecule has 3 aromatic rings. The zero-order valence-corrected chi connectivity index (χ0v) is 20.7. The molecule has 0 unspecified atom stereocenters. The summed E-state index contributed by atoms with van der Waals surface area (Å²) in [6.45, 7) is 5.87. The molecule has 1 amide bonds. The van der Waals surface area contributed by atoms with Gasteiger partial charge in [0, 0.05) is 12.0 Å². The number of hydrogen-bond acceptors (Lipinski definition) is 3. The second-order valence-corrected chi connectivity index (χ2v) is 10.3. The van der Waals surface area contributed by atoms with Crippen LogP contribution in [-0.2, 0) is 14.9 Å². The van der Waals surface area contributed by atoms with E-state index in [9.17, 15) is 9.59 Å². The molecule has 1 fully saturated rings. The monoisotopic (exact) mass is 473 g/mol. The van der Waals surface area contributed by atoms with Gasteiger partial charge in [-0.25, -0.2) is 4.79 Å². The summed E-state index contributed by atoms with van der Waals surface area (Å²) < 4.78 is 5.68. The molecule has 0 N–H and O–H groups in total. The Morgan fingerprint density at radius 3 is 1.56 bits per heavy atom. The van der Waals surface area contributed by atoms with Crippen molar-refractivity contribution in [2.45, 2.75) is 44.2 Å². The predicted molar refractivity (Wildman–Crippen MR) is 138 cm³/mol. The van der Waals surface area contributed by atoms with Gasteiger partial charge in [-0.1, -0.05) is 91.0 Å². The number of ether oxygens (including phenoxy) is 1. The second-order valence-electron chi connectivity index (χ2n) is 9.83. The van der Waals surface area contributed by atoms with Crippen LogP contribution in [0.1, 0.15) is 43.9 Å². The maximum atomic E-state index is 13.2. The van der Waals surface area contributed by atoms with Crippen molar-refractivity contribution < 1.29 is 14.3 Å². The van der Waals surface area contributed by atoms with Crippen LogP contribution in [0, 0.1) is 5.92 Å². The molecule has 4 rings (SSSR count). The Morgan fingerprint density at radius 1 is 0.794 bits per heavy atom. The summed E-state index contributed by atoms with van der Waals surface area (Å²) in [5.41, 5.74) is 2.13. The standard InChI is InChI=1S/C29H31NO3S/c1-28(2,3)33-27(32)30-20-24(19-25(30)26(31)34)29(21-13-7-4-8-14-21,22-15-9-5-10-16-22)23-17-11-6-12-18-23/h4-18,24-25H,19-20H2,1-3H3,(H,31,34)/t24-,25-/m0/s1. The Balaban J connectivity index is 1.91. The van der Waals surface area contributed by atoms with Crippen molar-refractivity contribution in [3.05, 3.63) is 108 Å². The smallest absolute Gasteiger partial charge is 0.410 e. The quantitative estimate of drug-likeness (QED) is 0.360. The molecule has 4 nitrogen and oxygen atoms in total. The first kappa shape index (κ1) is 24.1. The molecule has 5 heteroatoms. The number of carbonyl (C=O) groups excluding carboxylic acids is 2. The summed E-state index contributed by atoms with van der Waals surface area (Å²) in [7, 11) is 0. The van der Waals surface area contributed by atoms with Crippen molar-refractivity contribution in [2.75, 3.05) is 6.54 Å². The Bertz CT molecular complexity index is 1030. The zero-order chi connectivity index (χ0) is 24.3. The van der Waals surface area contributed by atoms with Crippen molar-refractivity contribution >= 4 is 23.8 Å². The molecular formula is C29H31NO3S. The van der Waals surface area contributed by atoms with Crippen LogP contribution in [0.15, 0.2) is 91.0 Å². The number of hydrogen-bond donors (Lipinski definition) is 1. The minimum Gasteiger partial charge on any atom is -0.444 e. The van der Waals surface area contributed by atoms with Gasteiger partial charge in [0.15, 0.2) is 0 Å². The van der Waals surface area contributed by atoms with Crippen molar-refractivity contribution in [1.29, 1.82) is 0 Å². The molecule has 0 spiro atoms. The second kappa shape index (κ2) is 9.67. The van der Waals surface area contributed by atoms with Crippen LogP contribution >= 0.6 is 12.6 Å². The van der Waals surface area contributed by atoms with Gasteiger partial charge in [0.25, 0.3) is 0 Å². The number of thiol groups is 1.